The van der Waals surface area contributed by atoms with Gasteiger partial charge < -0.3 is 4.90 Å². The molecule has 4 aliphatic rings. The van der Waals surface area contributed by atoms with Crippen molar-refractivity contribution < 1.29 is 9.59 Å². The smallest absolute Gasteiger partial charge is 0.192 e. The van der Waals surface area contributed by atoms with Crippen molar-refractivity contribution in [2.45, 2.75) is 51.0 Å². The van der Waals surface area contributed by atoms with Crippen LogP contribution in [0.2, 0.25) is 0 Å². The van der Waals surface area contributed by atoms with E-state index in [0.717, 1.165) is 59.2 Å². The van der Waals surface area contributed by atoms with E-state index in [9.17, 15) is 9.59 Å². The fourth-order valence-corrected chi connectivity index (χ4v) is 5.34. The molecule has 0 aromatic heterocycles. The Hall–Kier alpha value is -2.94. The minimum absolute atomic E-state index is 0.0942. The second kappa shape index (κ2) is 6.03. The third-order valence-corrected chi connectivity index (χ3v) is 6.79. The molecule has 1 heterocycles. The van der Waals surface area contributed by atoms with Crippen LogP contribution in [0.15, 0.2) is 65.4 Å². The first kappa shape index (κ1) is 17.0. The zero-order valence-electron chi connectivity index (χ0n) is 16.6. The highest BCUT2D eigenvalue weighted by atomic mass is 16.1. The third-order valence-electron chi connectivity index (χ3n) is 6.79. The lowest BCUT2D eigenvalue weighted by Crippen LogP contribution is -2.36. The number of ketones is 2. The Bertz CT molecular complexity index is 1130. The second-order valence-electron chi connectivity index (χ2n) is 8.72. The van der Waals surface area contributed by atoms with E-state index in [0.29, 0.717) is 12.5 Å². The average molecular weight is 381 g/mol. The van der Waals surface area contributed by atoms with Crippen molar-refractivity contribution in [3.05, 3.63) is 87.6 Å². The minimum atomic E-state index is -0.247. The molecule has 1 saturated carbocycles. The lowest BCUT2D eigenvalue weighted by atomic mass is 9.74. The Morgan fingerprint density at radius 3 is 2.31 bits per heavy atom. The molecule has 1 atom stereocenters. The van der Waals surface area contributed by atoms with E-state index in [1.54, 1.807) is 0 Å². The first-order valence-corrected chi connectivity index (χ1v) is 10.7. The van der Waals surface area contributed by atoms with Crippen LogP contribution >= 0.6 is 0 Å². The van der Waals surface area contributed by atoms with Crippen molar-refractivity contribution in [1.82, 2.24) is 4.90 Å². The Morgan fingerprint density at radius 1 is 0.862 bits per heavy atom. The summed E-state index contributed by atoms with van der Waals surface area (Å²) in [4.78, 5) is 29.2. The van der Waals surface area contributed by atoms with E-state index < -0.39 is 0 Å². The highest BCUT2D eigenvalue weighted by molar-refractivity contribution is 6.23. The summed E-state index contributed by atoms with van der Waals surface area (Å²) < 4.78 is 0. The summed E-state index contributed by atoms with van der Waals surface area (Å²) in [7, 11) is 0. The molecule has 2 aromatic rings. The summed E-state index contributed by atoms with van der Waals surface area (Å²) in [6.45, 7) is 2.07. The second-order valence-corrected chi connectivity index (χ2v) is 8.72. The van der Waals surface area contributed by atoms with E-state index in [4.69, 9.17) is 0 Å². The van der Waals surface area contributed by atoms with Crippen LogP contribution in [0.1, 0.15) is 65.1 Å². The lowest BCUT2D eigenvalue weighted by Gasteiger charge is -2.41. The molecule has 1 fully saturated rings. The number of hydrogen-bond acceptors (Lipinski definition) is 3. The molecule has 29 heavy (non-hydrogen) atoms. The standard InChI is InChI=1S/C26H23NO2/c1-15-9-11-16(12-10-15)22-23-20(7-4-8-21(23)28)27(17-13-14-17)25-18-5-2-3-6-19(18)26(29)24(22)25/h2-3,5-6,9-12,17,22H,4,7-8,13-14H2,1H3. The van der Waals surface area contributed by atoms with Crippen molar-refractivity contribution in [3.8, 4) is 0 Å². The Kier molecular flexibility index (Phi) is 3.53. The number of fused-ring (bicyclic) bond motifs is 2. The molecule has 144 valence electrons. The predicted molar refractivity (Wildman–Crippen MR) is 112 cm³/mol. The van der Waals surface area contributed by atoms with Gasteiger partial charge in [0.25, 0.3) is 0 Å². The molecule has 3 aliphatic carbocycles. The minimum Gasteiger partial charge on any atom is -0.341 e. The maximum Gasteiger partial charge on any atom is 0.192 e. The molecule has 0 radical (unpaired) electrons. The van der Waals surface area contributed by atoms with Gasteiger partial charge in [-0.05, 0) is 38.2 Å². The van der Waals surface area contributed by atoms with Crippen molar-refractivity contribution in [3.63, 3.8) is 0 Å². The van der Waals surface area contributed by atoms with E-state index in [1.165, 1.54) is 11.3 Å². The lowest BCUT2D eigenvalue weighted by molar-refractivity contribution is -0.116. The SMILES string of the molecule is Cc1ccc(C2C3=C(CCCC3=O)N(C3CC3)C3=C2C(=O)c2ccccc23)cc1. The van der Waals surface area contributed by atoms with Gasteiger partial charge in [-0.2, -0.15) is 0 Å². The van der Waals surface area contributed by atoms with Gasteiger partial charge in [-0.1, -0.05) is 54.1 Å². The number of carbonyl (C=O) groups is 2. The van der Waals surface area contributed by atoms with Crippen LogP contribution in [-0.4, -0.2) is 22.5 Å². The first-order valence-electron chi connectivity index (χ1n) is 10.7. The number of benzene rings is 2. The number of Topliss-reactive ketones (excluding diaryl/α,β-unsaturated/α-hetero) is 2. The van der Waals surface area contributed by atoms with Crippen LogP contribution in [0.4, 0.5) is 0 Å². The topological polar surface area (TPSA) is 37.4 Å². The van der Waals surface area contributed by atoms with Crippen molar-refractivity contribution in [1.29, 1.82) is 0 Å². The predicted octanol–water partition coefficient (Wildman–Crippen LogP) is 5.17. The molecule has 0 N–H and O–H groups in total. The van der Waals surface area contributed by atoms with Gasteiger partial charge in [-0.25, -0.2) is 0 Å². The molecule has 0 amide bonds. The number of hydrogen-bond donors (Lipinski definition) is 0. The molecular weight excluding hydrogens is 358 g/mol. The average Bonchev–Trinajstić information content (AvgIpc) is 3.53. The fourth-order valence-electron chi connectivity index (χ4n) is 5.34. The summed E-state index contributed by atoms with van der Waals surface area (Å²) in [5.41, 5.74) is 8.02. The van der Waals surface area contributed by atoms with E-state index in [1.807, 2.05) is 18.2 Å². The van der Waals surface area contributed by atoms with Gasteiger partial charge in [0.1, 0.15) is 0 Å². The molecular formula is C26H23NO2. The number of nitrogens with zero attached hydrogens (tertiary/aromatic N) is 1. The maximum absolute atomic E-state index is 13.6. The summed E-state index contributed by atoms with van der Waals surface area (Å²) >= 11 is 0. The molecule has 3 nitrogen and oxygen atoms in total. The van der Waals surface area contributed by atoms with Gasteiger partial charge in [-0.15, -0.1) is 0 Å². The van der Waals surface area contributed by atoms with E-state index in [2.05, 4.69) is 42.2 Å². The summed E-state index contributed by atoms with van der Waals surface area (Å²) in [6.07, 6.45) is 4.68. The zero-order chi connectivity index (χ0) is 19.7. The van der Waals surface area contributed by atoms with Crippen LogP contribution in [0.25, 0.3) is 5.70 Å². The molecule has 3 heteroatoms. The van der Waals surface area contributed by atoms with E-state index >= 15 is 0 Å². The third kappa shape index (κ3) is 2.37. The first-order chi connectivity index (χ1) is 14.1. The van der Waals surface area contributed by atoms with E-state index in [-0.39, 0.29) is 17.5 Å². The quantitative estimate of drug-likeness (QED) is 0.720. The van der Waals surface area contributed by atoms with Gasteiger partial charge in [-0.3, -0.25) is 9.59 Å². The molecule has 1 aliphatic heterocycles. The number of carbonyl (C=O) groups excluding carboxylic acids is 2. The summed E-state index contributed by atoms with van der Waals surface area (Å²) in [6, 6.07) is 16.8. The fraction of sp³-hybridized carbons (Fsp3) is 0.308. The highest BCUT2D eigenvalue weighted by Gasteiger charge is 2.49. The Balaban J connectivity index is 1.65. The molecule has 0 spiro atoms. The largest absolute Gasteiger partial charge is 0.341 e. The highest BCUT2D eigenvalue weighted by Crippen LogP contribution is 2.55. The number of aryl methyl sites for hydroxylation is 1. The van der Waals surface area contributed by atoms with Crippen molar-refractivity contribution in [2.75, 3.05) is 0 Å². The summed E-state index contributed by atoms with van der Waals surface area (Å²) in [5.74, 6) is 0.0674. The van der Waals surface area contributed by atoms with Crippen LogP contribution in [0.5, 0.6) is 0 Å². The molecule has 0 bridgehead atoms. The summed E-state index contributed by atoms with van der Waals surface area (Å²) in [5, 5.41) is 0. The van der Waals surface area contributed by atoms with Crippen molar-refractivity contribution >= 4 is 17.3 Å². The molecule has 2 aromatic carbocycles. The van der Waals surface area contributed by atoms with Gasteiger partial charge in [0.05, 0.1) is 5.70 Å². The normalized spacial score (nSPS) is 23.3. The molecule has 6 rings (SSSR count). The van der Waals surface area contributed by atoms with Gasteiger partial charge in [0.15, 0.2) is 11.6 Å². The molecule has 0 saturated heterocycles. The van der Waals surface area contributed by atoms with Gasteiger partial charge >= 0.3 is 0 Å². The van der Waals surface area contributed by atoms with Gasteiger partial charge in [0.2, 0.25) is 0 Å². The van der Waals surface area contributed by atoms with Crippen molar-refractivity contribution in [2.24, 2.45) is 0 Å². The zero-order valence-corrected chi connectivity index (χ0v) is 16.6. The monoisotopic (exact) mass is 381 g/mol. The Labute approximate surface area is 170 Å². The van der Waals surface area contributed by atoms with Crippen LogP contribution in [0, 0.1) is 6.92 Å². The van der Waals surface area contributed by atoms with Crippen LogP contribution < -0.4 is 0 Å². The van der Waals surface area contributed by atoms with Crippen LogP contribution in [0.3, 0.4) is 0 Å². The number of allylic oxidation sites excluding steroid dienone is 3. The van der Waals surface area contributed by atoms with Gasteiger partial charge in [0, 0.05) is 46.4 Å². The van der Waals surface area contributed by atoms with Crippen LogP contribution in [-0.2, 0) is 4.79 Å². The Morgan fingerprint density at radius 2 is 1.59 bits per heavy atom. The maximum atomic E-state index is 13.6. The number of rotatable bonds is 2. The molecule has 1 unspecified atom stereocenters.